The van der Waals surface area contributed by atoms with Crippen LogP contribution in [0.1, 0.15) is 35.9 Å². The molecule has 0 saturated heterocycles. The lowest BCUT2D eigenvalue weighted by molar-refractivity contribution is -0.114. The van der Waals surface area contributed by atoms with Gasteiger partial charge in [0.15, 0.2) is 5.69 Å². The summed E-state index contributed by atoms with van der Waals surface area (Å²) in [4.78, 5) is 42.3. The van der Waals surface area contributed by atoms with Crippen LogP contribution in [0.25, 0.3) is 6.08 Å². The van der Waals surface area contributed by atoms with E-state index in [2.05, 4.69) is 16.5 Å². The van der Waals surface area contributed by atoms with Crippen molar-refractivity contribution in [2.75, 3.05) is 24.4 Å². The number of hydrogen-bond acceptors (Lipinski definition) is 5. The van der Waals surface area contributed by atoms with E-state index < -0.39 is 17.2 Å². The maximum atomic E-state index is 13.5. The van der Waals surface area contributed by atoms with Crippen LogP contribution < -0.4 is 21.9 Å². The van der Waals surface area contributed by atoms with Crippen LogP contribution in [-0.4, -0.2) is 33.7 Å². The smallest absolute Gasteiger partial charge is 0.330 e. The van der Waals surface area contributed by atoms with Gasteiger partial charge in [0.2, 0.25) is 0 Å². The van der Waals surface area contributed by atoms with Gasteiger partial charge in [-0.05, 0) is 43.5 Å². The van der Waals surface area contributed by atoms with Gasteiger partial charge < -0.3 is 15.0 Å². The zero-order valence-corrected chi connectivity index (χ0v) is 20.7. The summed E-state index contributed by atoms with van der Waals surface area (Å²) >= 11 is 0. The van der Waals surface area contributed by atoms with Crippen molar-refractivity contribution in [2.24, 2.45) is 0 Å². The van der Waals surface area contributed by atoms with E-state index in [1.165, 1.54) is 22.7 Å². The molecular formula is C26H33N5O4. The first-order valence-corrected chi connectivity index (χ1v) is 11.6. The summed E-state index contributed by atoms with van der Waals surface area (Å²) in [6.07, 6.45) is 4.19. The molecule has 3 N–H and O–H groups in total. The molecule has 0 aliphatic rings. The van der Waals surface area contributed by atoms with E-state index in [-0.39, 0.29) is 31.2 Å². The maximum absolute atomic E-state index is 13.5. The Morgan fingerprint density at radius 2 is 1.86 bits per heavy atom. The zero-order valence-electron chi connectivity index (χ0n) is 20.7. The standard InChI is InChI=1S/C26H33N5O4/c1-5-13-29-18(2)16-21(19(29)3)11-12-22(32)31(17-20-9-7-6-8-10-20)23-24(27)30(14-15-35-4)26(34)28-25(23)33/h6-12,16H,5,13-15,17,27H2,1-4H3,(H,28,33,34)/b12-11-. The molecule has 0 aliphatic carbocycles. The number of carbonyl (C=O) groups excluding carboxylic acids is 1. The average molecular weight is 480 g/mol. The first kappa shape index (κ1) is 25.8. The number of nitrogens with zero attached hydrogens (tertiary/aromatic N) is 3. The highest BCUT2D eigenvalue weighted by atomic mass is 16.5. The van der Waals surface area contributed by atoms with Crippen LogP contribution in [0.3, 0.4) is 0 Å². The number of nitrogens with one attached hydrogen (secondary N) is 1. The molecule has 2 aromatic heterocycles. The second-order valence-corrected chi connectivity index (χ2v) is 8.36. The van der Waals surface area contributed by atoms with Crippen molar-refractivity contribution < 1.29 is 9.53 Å². The van der Waals surface area contributed by atoms with E-state index in [0.717, 1.165) is 35.5 Å². The molecule has 0 radical (unpaired) electrons. The highest BCUT2D eigenvalue weighted by Crippen LogP contribution is 2.22. The van der Waals surface area contributed by atoms with Crippen molar-refractivity contribution in [3.63, 3.8) is 0 Å². The van der Waals surface area contributed by atoms with E-state index >= 15 is 0 Å². The first-order chi connectivity index (χ1) is 16.8. The number of aromatic nitrogens is 3. The molecule has 0 fully saturated rings. The predicted molar refractivity (Wildman–Crippen MR) is 138 cm³/mol. The lowest BCUT2D eigenvalue weighted by Gasteiger charge is -2.23. The molecule has 186 valence electrons. The van der Waals surface area contributed by atoms with Gasteiger partial charge >= 0.3 is 5.69 Å². The van der Waals surface area contributed by atoms with Gasteiger partial charge in [0, 0.05) is 31.1 Å². The number of H-pyrrole nitrogens is 1. The molecule has 1 amide bonds. The van der Waals surface area contributed by atoms with E-state index in [1.807, 2.05) is 50.2 Å². The van der Waals surface area contributed by atoms with Crippen LogP contribution in [0, 0.1) is 13.8 Å². The second kappa shape index (κ2) is 11.5. The molecule has 9 nitrogen and oxygen atoms in total. The molecule has 0 unspecified atom stereocenters. The van der Waals surface area contributed by atoms with Gasteiger partial charge in [0.25, 0.3) is 11.5 Å². The van der Waals surface area contributed by atoms with Gasteiger partial charge in [-0.3, -0.25) is 24.0 Å². The Kier molecular flexibility index (Phi) is 8.48. The fraction of sp³-hybridized carbons (Fsp3) is 0.346. The lowest BCUT2D eigenvalue weighted by Crippen LogP contribution is -2.40. The summed E-state index contributed by atoms with van der Waals surface area (Å²) < 4.78 is 8.47. The highest BCUT2D eigenvalue weighted by Gasteiger charge is 2.23. The summed E-state index contributed by atoms with van der Waals surface area (Å²) in [5.74, 6) is -0.516. The van der Waals surface area contributed by atoms with Crippen molar-refractivity contribution in [1.82, 2.24) is 14.1 Å². The second-order valence-electron chi connectivity index (χ2n) is 8.36. The van der Waals surface area contributed by atoms with Crippen molar-refractivity contribution in [3.8, 4) is 0 Å². The lowest BCUT2D eigenvalue weighted by atomic mass is 10.2. The van der Waals surface area contributed by atoms with Gasteiger partial charge in [-0.1, -0.05) is 37.3 Å². The summed E-state index contributed by atoms with van der Waals surface area (Å²) in [6.45, 7) is 7.53. The number of methoxy groups -OCH3 is 1. The average Bonchev–Trinajstić information content (AvgIpc) is 3.10. The number of benzene rings is 1. The van der Waals surface area contributed by atoms with Crippen LogP contribution in [0.2, 0.25) is 0 Å². The molecule has 0 saturated carbocycles. The predicted octanol–water partition coefficient (Wildman–Crippen LogP) is 2.84. The molecule has 0 atom stereocenters. The van der Waals surface area contributed by atoms with E-state index in [0.29, 0.717) is 0 Å². The van der Waals surface area contributed by atoms with Crippen LogP contribution >= 0.6 is 0 Å². The normalized spacial score (nSPS) is 11.3. The third-order valence-corrected chi connectivity index (χ3v) is 5.92. The number of aromatic amines is 1. The Hall–Kier alpha value is -3.85. The highest BCUT2D eigenvalue weighted by molar-refractivity contribution is 6.05. The van der Waals surface area contributed by atoms with Crippen LogP contribution in [0.5, 0.6) is 0 Å². The summed E-state index contributed by atoms with van der Waals surface area (Å²) in [5, 5.41) is 0. The number of anilines is 2. The largest absolute Gasteiger partial charge is 0.383 e. The number of aryl methyl sites for hydroxylation is 1. The molecular weight excluding hydrogens is 446 g/mol. The molecule has 9 heteroatoms. The van der Waals surface area contributed by atoms with Crippen molar-refractivity contribution >= 4 is 23.5 Å². The Labute approximate surface area is 204 Å². The number of nitrogens with two attached hydrogens (primary N) is 1. The van der Waals surface area contributed by atoms with E-state index in [1.54, 1.807) is 6.08 Å². The van der Waals surface area contributed by atoms with Gasteiger partial charge in [-0.15, -0.1) is 0 Å². The topological polar surface area (TPSA) is 115 Å². The fourth-order valence-electron chi connectivity index (χ4n) is 4.09. The van der Waals surface area contributed by atoms with E-state index in [9.17, 15) is 14.4 Å². The number of hydrogen-bond donors (Lipinski definition) is 2. The Bertz CT molecular complexity index is 1320. The molecule has 1 aromatic carbocycles. The summed E-state index contributed by atoms with van der Waals surface area (Å²) in [7, 11) is 1.50. The van der Waals surface area contributed by atoms with Gasteiger partial charge in [0.05, 0.1) is 19.7 Å². The zero-order chi connectivity index (χ0) is 25.5. The third-order valence-electron chi connectivity index (χ3n) is 5.92. The molecule has 0 bridgehead atoms. The number of nitrogen functional groups attached to an aromatic ring is 1. The van der Waals surface area contributed by atoms with Crippen molar-refractivity contribution in [2.45, 2.75) is 46.8 Å². The fourth-order valence-corrected chi connectivity index (χ4v) is 4.09. The summed E-state index contributed by atoms with van der Waals surface area (Å²) in [5.41, 5.74) is 8.74. The van der Waals surface area contributed by atoms with Crippen LogP contribution in [0.4, 0.5) is 11.5 Å². The molecule has 3 aromatic rings. The molecule has 3 rings (SSSR count). The monoisotopic (exact) mass is 479 g/mol. The molecule has 0 spiro atoms. The SMILES string of the molecule is CCCn1c(C)cc(/C=C\C(=O)N(Cc2ccccc2)c2c(N)n(CCOC)c(=O)[nH]c2=O)c1C. The van der Waals surface area contributed by atoms with Gasteiger partial charge in [0.1, 0.15) is 5.82 Å². The minimum Gasteiger partial charge on any atom is -0.383 e. The minimum atomic E-state index is -0.722. The number of ether oxygens (including phenoxy) is 1. The first-order valence-electron chi connectivity index (χ1n) is 11.6. The quantitative estimate of drug-likeness (QED) is 0.434. The molecule has 2 heterocycles. The Morgan fingerprint density at radius 1 is 1.14 bits per heavy atom. The van der Waals surface area contributed by atoms with Crippen LogP contribution in [0.15, 0.2) is 52.1 Å². The Morgan fingerprint density at radius 3 is 2.51 bits per heavy atom. The third kappa shape index (κ3) is 5.81. The molecule has 35 heavy (non-hydrogen) atoms. The Balaban J connectivity index is 2.06. The van der Waals surface area contributed by atoms with E-state index in [4.69, 9.17) is 10.5 Å². The minimum absolute atomic E-state index is 0.0735. The number of carbonyl (C=O) groups is 1. The number of rotatable bonds is 10. The van der Waals surface area contributed by atoms with Gasteiger partial charge in [-0.25, -0.2) is 4.79 Å². The summed E-state index contributed by atoms with van der Waals surface area (Å²) in [6, 6.07) is 11.3. The number of amides is 1. The maximum Gasteiger partial charge on any atom is 0.330 e. The van der Waals surface area contributed by atoms with Crippen molar-refractivity contribution in [1.29, 1.82) is 0 Å². The van der Waals surface area contributed by atoms with Gasteiger partial charge in [-0.2, -0.15) is 0 Å². The van der Waals surface area contributed by atoms with Crippen molar-refractivity contribution in [3.05, 3.63) is 85.8 Å². The molecule has 0 aliphatic heterocycles. The van der Waals surface area contributed by atoms with Crippen LogP contribution in [-0.2, 0) is 29.2 Å².